The first kappa shape index (κ1) is 20.7. The highest BCUT2D eigenvalue weighted by molar-refractivity contribution is 14.0. The Hall–Kier alpha value is -0.370. The summed E-state index contributed by atoms with van der Waals surface area (Å²) in [6.07, 6.45) is 9.52. The molecule has 2 N–H and O–H groups in total. The number of aromatic nitrogens is 1. The van der Waals surface area contributed by atoms with Gasteiger partial charge in [-0.2, -0.15) is 0 Å². The highest BCUT2D eigenvalue weighted by atomic mass is 127. The molecule has 1 heterocycles. The van der Waals surface area contributed by atoms with Gasteiger partial charge in [-0.05, 0) is 31.1 Å². The average molecular weight is 450 g/mol. The van der Waals surface area contributed by atoms with Crippen LogP contribution in [0, 0.1) is 11.8 Å². The molecule has 132 valence electrons. The number of aliphatic imine (C=N–C) groups is 1. The molecule has 0 aromatic carbocycles. The summed E-state index contributed by atoms with van der Waals surface area (Å²) in [6, 6.07) is 0. The number of guanidine groups is 1. The number of halogens is 1. The molecule has 1 aliphatic carbocycles. The smallest absolute Gasteiger partial charge is 0.190 e. The molecule has 0 aliphatic heterocycles. The van der Waals surface area contributed by atoms with Crippen molar-refractivity contribution in [3.05, 3.63) is 16.1 Å². The van der Waals surface area contributed by atoms with Crippen LogP contribution in [0.25, 0.3) is 0 Å². The van der Waals surface area contributed by atoms with Gasteiger partial charge in [0.15, 0.2) is 5.96 Å². The maximum absolute atomic E-state index is 4.46. The molecule has 1 aromatic rings. The topological polar surface area (TPSA) is 49.3 Å². The van der Waals surface area contributed by atoms with Gasteiger partial charge in [0.2, 0.25) is 0 Å². The second kappa shape index (κ2) is 11.2. The number of hydrogen-bond donors (Lipinski definition) is 2. The van der Waals surface area contributed by atoms with Crippen LogP contribution in [0.3, 0.4) is 0 Å². The molecule has 0 bridgehead atoms. The van der Waals surface area contributed by atoms with Crippen LogP contribution in [-0.4, -0.2) is 31.1 Å². The molecule has 2 rings (SSSR count). The van der Waals surface area contributed by atoms with E-state index in [2.05, 4.69) is 34.5 Å². The van der Waals surface area contributed by atoms with E-state index in [4.69, 9.17) is 0 Å². The summed E-state index contributed by atoms with van der Waals surface area (Å²) in [6.45, 7) is 6.48. The minimum atomic E-state index is 0. The zero-order chi connectivity index (χ0) is 15.8. The standard InChI is InChI=1S/C17H30N4S.HI/c1-4-15-12-20-16(22-15)8-9-19-17(18-3)21-11-14-7-5-6-13(2)10-14;/h12-14H,4-11H2,1-3H3,(H2,18,19,21);1H. The zero-order valence-corrected chi connectivity index (χ0v) is 17.7. The first-order chi connectivity index (χ1) is 10.7. The van der Waals surface area contributed by atoms with E-state index in [1.165, 1.54) is 35.6 Å². The predicted octanol–water partition coefficient (Wildman–Crippen LogP) is 3.86. The van der Waals surface area contributed by atoms with Crippen LogP contribution in [0.2, 0.25) is 0 Å². The van der Waals surface area contributed by atoms with Gasteiger partial charge in [-0.25, -0.2) is 4.98 Å². The van der Waals surface area contributed by atoms with Crippen LogP contribution in [0.4, 0.5) is 0 Å². The largest absolute Gasteiger partial charge is 0.356 e. The second-order valence-corrected chi connectivity index (χ2v) is 7.54. The van der Waals surface area contributed by atoms with E-state index in [0.717, 1.165) is 43.7 Å². The summed E-state index contributed by atoms with van der Waals surface area (Å²) in [5, 5.41) is 8.09. The Morgan fingerprint density at radius 3 is 2.87 bits per heavy atom. The molecule has 1 aromatic heterocycles. The number of nitrogens with zero attached hydrogens (tertiary/aromatic N) is 2. The zero-order valence-electron chi connectivity index (χ0n) is 14.6. The third kappa shape index (κ3) is 7.37. The lowest BCUT2D eigenvalue weighted by atomic mass is 9.82. The number of hydrogen-bond acceptors (Lipinski definition) is 3. The van der Waals surface area contributed by atoms with Crippen molar-refractivity contribution >= 4 is 41.3 Å². The Kier molecular flexibility index (Phi) is 10.1. The molecular formula is C17H31IN4S. The van der Waals surface area contributed by atoms with E-state index < -0.39 is 0 Å². The van der Waals surface area contributed by atoms with Crippen molar-refractivity contribution < 1.29 is 0 Å². The molecular weight excluding hydrogens is 419 g/mol. The monoisotopic (exact) mass is 450 g/mol. The first-order valence-electron chi connectivity index (χ1n) is 8.59. The van der Waals surface area contributed by atoms with Crippen molar-refractivity contribution in [3.63, 3.8) is 0 Å². The highest BCUT2D eigenvalue weighted by Crippen LogP contribution is 2.27. The fourth-order valence-corrected chi connectivity index (χ4v) is 3.98. The van der Waals surface area contributed by atoms with Crippen molar-refractivity contribution in [2.45, 2.75) is 52.4 Å². The Labute approximate surface area is 162 Å². The lowest BCUT2D eigenvalue weighted by Crippen LogP contribution is -2.41. The van der Waals surface area contributed by atoms with Gasteiger partial charge in [-0.1, -0.05) is 26.7 Å². The molecule has 0 saturated heterocycles. The van der Waals surface area contributed by atoms with E-state index in [-0.39, 0.29) is 24.0 Å². The predicted molar refractivity (Wildman–Crippen MR) is 111 cm³/mol. The lowest BCUT2D eigenvalue weighted by molar-refractivity contribution is 0.282. The van der Waals surface area contributed by atoms with Crippen molar-refractivity contribution in [2.24, 2.45) is 16.8 Å². The van der Waals surface area contributed by atoms with Crippen molar-refractivity contribution in [2.75, 3.05) is 20.1 Å². The Bertz CT molecular complexity index is 475. The van der Waals surface area contributed by atoms with Crippen molar-refractivity contribution in [1.29, 1.82) is 0 Å². The maximum atomic E-state index is 4.46. The normalized spacial score (nSPS) is 21.6. The number of thiazole rings is 1. The number of aryl methyl sites for hydroxylation is 1. The van der Waals surface area contributed by atoms with Gasteiger partial charge >= 0.3 is 0 Å². The summed E-state index contributed by atoms with van der Waals surface area (Å²) in [4.78, 5) is 10.1. The van der Waals surface area contributed by atoms with E-state index in [9.17, 15) is 0 Å². The minimum absolute atomic E-state index is 0. The van der Waals surface area contributed by atoms with E-state index >= 15 is 0 Å². The molecule has 2 unspecified atom stereocenters. The summed E-state index contributed by atoms with van der Waals surface area (Å²) in [7, 11) is 1.84. The van der Waals surface area contributed by atoms with Crippen LogP contribution in [0.5, 0.6) is 0 Å². The summed E-state index contributed by atoms with van der Waals surface area (Å²) < 4.78 is 0. The van der Waals surface area contributed by atoms with E-state index in [1.54, 1.807) is 0 Å². The molecule has 1 fully saturated rings. The molecule has 0 radical (unpaired) electrons. The van der Waals surface area contributed by atoms with Gasteiger partial charge in [0.25, 0.3) is 0 Å². The van der Waals surface area contributed by atoms with Gasteiger partial charge in [0, 0.05) is 37.6 Å². The van der Waals surface area contributed by atoms with Gasteiger partial charge in [0.1, 0.15) is 0 Å². The third-order valence-corrected chi connectivity index (χ3v) is 5.61. The Balaban J connectivity index is 0.00000264. The van der Waals surface area contributed by atoms with Gasteiger partial charge in [0.05, 0.1) is 5.01 Å². The van der Waals surface area contributed by atoms with Crippen LogP contribution in [0.15, 0.2) is 11.2 Å². The van der Waals surface area contributed by atoms with Gasteiger partial charge in [-0.3, -0.25) is 4.99 Å². The van der Waals surface area contributed by atoms with E-state index in [1.807, 2.05) is 24.6 Å². The van der Waals surface area contributed by atoms with E-state index in [0.29, 0.717) is 0 Å². The molecule has 4 nitrogen and oxygen atoms in total. The quantitative estimate of drug-likeness (QED) is 0.393. The van der Waals surface area contributed by atoms with Crippen LogP contribution in [-0.2, 0) is 12.8 Å². The molecule has 6 heteroatoms. The molecule has 23 heavy (non-hydrogen) atoms. The van der Waals surface area contributed by atoms with Crippen molar-refractivity contribution in [3.8, 4) is 0 Å². The fourth-order valence-electron chi connectivity index (χ4n) is 3.12. The first-order valence-corrected chi connectivity index (χ1v) is 9.41. The lowest BCUT2D eigenvalue weighted by Gasteiger charge is -2.27. The SMILES string of the molecule is CCc1cnc(CCNC(=NC)NCC2CCCC(C)C2)s1.I. The summed E-state index contributed by atoms with van der Waals surface area (Å²) in [5.41, 5.74) is 0. The molecule has 1 aliphatic rings. The number of nitrogens with one attached hydrogen (secondary N) is 2. The minimum Gasteiger partial charge on any atom is -0.356 e. The highest BCUT2D eigenvalue weighted by Gasteiger charge is 2.18. The summed E-state index contributed by atoms with van der Waals surface area (Å²) >= 11 is 1.82. The van der Waals surface area contributed by atoms with Crippen molar-refractivity contribution in [1.82, 2.24) is 15.6 Å². The molecule has 2 atom stereocenters. The second-order valence-electron chi connectivity index (χ2n) is 6.34. The third-order valence-electron chi connectivity index (χ3n) is 4.41. The molecule has 0 spiro atoms. The van der Waals surface area contributed by atoms with Crippen LogP contribution >= 0.6 is 35.3 Å². The average Bonchev–Trinajstić information content (AvgIpc) is 2.98. The summed E-state index contributed by atoms with van der Waals surface area (Å²) in [5.74, 6) is 2.60. The van der Waals surface area contributed by atoms with Crippen LogP contribution in [0.1, 0.15) is 49.4 Å². The van der Waals surface area contributed by atoms with Crippen LogP contribution < -0.4 is 10.6 Å². The maximum Gasteiger partial charge on any atom is 0.190 e. The van der Waals surface area contributed by atoms with Gasteiger partial charge in [-0.15, -0.1) is 35.3 Å². The molecule has 1 saturated carbocycles. The fraction of sp³-hybridized carbons (Fsp3) is 0.765. The number of rotatable bonds is 6. The molecule has 0 amide bonds. The van der Waals surface area contributed by atoms with Gasteiger partial charge < -0.3 is 10.6 Å². The Morgan fingerprint density at radius 2 is 2.22 bits per heavy atom. The Morgan fingerprint density at radius 1 is 1.39 bits per heavy atom.